The Hall–Kier alpha value is -4.02. The van der Waals surface area contributed by atoms with Gasteiger partial charge in [0.15, 0.2) is 5.65 Å². The van der Waals surface area contributed by atoms with Gasteiger partial charge in [0.25, 0.3) is 0 Å². The van der Waals surface area contributed by atoms with Crippen LogP contribution in [0.2, 0.25) is 0 Å². The smallest absolute Gasteiger partial charge is 0.315 e. The van der Waals surface area contributed by atoms with E-state index in [4.69, 9.17) is 9.72 Å². The van der Waals surface area contributed by atoms with Crippen LogP contribution in [0, 0.1) is 11.7 Å². The highest BCUT2D eigenvalue weighted by atomic mass is 19.1. The highest BCUT2D eigenvalue weighted by Gasteiger charge is 2.22. The van der Waals surface area contributed by atoms with Crippen molar-refractivity contribution in [1.29, 1.82) is 0 Å². The largest absolute Gasteiger partial charge is 0.381 e. The number of pyridine rings is 1. The Morgan fingerprint density at radius 2 is 1.83 bits per heavy atom. The van der Waals surface area contributed by atoms with Gasteiger partial charge in [0.05, 0.1) is 17.3 Å². The van der Waals surface area contributed by atoms with Crippen molar-refractivity contribution >= 4 is 22.8 Å². The van der Waals surface area contributed by atoms with E-state index in [1.54, 1.807) is 6.07 Å². The van der Waals surface area contributed by atoms with Crippen LogP contribution >= 0.6 is 0 Å². The minimum atomic E-state index is -0.293. The van der Waals surface area contributed by atoms with Gasteiger partial charge in [-0.1, -0.05) is 37.3 Å². The van der Waals surface area contributed by atoms with Crippen LogP contribution < -0.4 is 21.3 Å². The molecule has 2 aromatic carbocycles. The number of urea groups is 1. The molecular formula is C36H46FN7O2. The number of nitrogens with zero attached hydrogens (tertiary/aromatic N) is 3. The van der Waals surface area contributed by atoms with Gasteiger partial charge in [0, 0.05) is 55.7 Å². The van der Waals surface area contributed by atoms with E-state index < -0.39 is 0 Å². The molecule has 0 spiro atoms. The summed E-state index contributed by atoms with van der Waals surface area (Å²) >= 11 is 0. The van der Waals surface area contributed by atoms with Gasteiger partial charge in [-0.05, 0) is 93.3 Å². The number of ether oxygens (including phenoxy) is 1. The molecule has 0 aliphatic carbocycles. The number of aryl methyl sites for hydroxylation is 2. The summed E-state index contributed by atoms with van der Waals surface area (Å²) in [6, 6.07) is 13.3. The average molecular weight is 628 g/mol. The molecule has 0 atom stereocenters. The van der Waals surface area contributed by atoms with Gasteiger partial charge in [-0.25, -0.2) is 18.9 Å². The standard InChI is InChI=1S/C36H46FN7O2/c1-3-33-30(34(42-28-12-16-46-17-13-28)31-23-41-44(4-2)35(31)43-33)22-40-36(45)39-21-26-8-9-32(37)29(20-26)27-7-5-6-25(19-27)18-24-10-14-38-15-11-24/h5-9,19-20,23-24,28,38H,3-4,10-18,21-22H2,1-2H3,(H,42,43)(H2,39,40,45). The molecule has 0 saturated carbocycles. The highest BCUT2D eigenvalue weighted by molar-refractivity contribution is 5.92. The third-order valence-electron chi connectivity index (χ3n) is 9.31. The first kappa shape index (κ1) is 31.9. The second kappa shape index (κ2) is 15.0. The number of amides is 2. The number of anilines is 1. The van der Waals surface area contributed by atoms with Crippen molar-refractivity contribution in [2.75, 3.05) is 31.6 Å². The van der Waals surface area contributed by atoms with Gasteiger partial charge < -0.3 is 26.0 Å². The first-order valence-corrected chi connectivity index (χ1v) is 16.8. The molecule has 2 saturated heterocycles. The molecule has 9 nitrogen and oxygen atoms in total. The number of carbonyl (C=O) groups excluding carboxylic acids is 1. The van der Waals surface area contributed by atoms with Crippen molar-refractivity contribution in [2.45, 2.75) is 78.0 Å². The van der Waals surface area contributed by atoms with Gasteiger partial charge in [-0.3, -0.25) is 0 Å². The summed E-state index contributed by atoms with van der Waals surface area (Å²) in [7, 11) is 0. The maximum absolute atomic E-state index is 15.0. The molecule has 4 N–H and O–H groups in total. The van der Waals surface area contributed by atoms with E-state index in [1.807, 2.05) is 29.1 Å². The predicted octanol–water partition coefficient (Wildman–Crippen LogP) is 5.95. The van der Waals surface area contributed by atoms with E-state index >= 15 is 4.39 Å². The van der Waals surface area contributed by atoms with E-state index in [9.17, 15) is 4.79 Å². The zero-order valence-electron chi connectivity index (χ0n) is 27.0. The molecular weight excluding hydrogens is 581 g/mol. The molecule has 0 bridgehead atoms. The van der Waals surface area contributed by atoms with Crippen molar-refractivity contribution in [3.05, 3.63) is 76.9 Å². The number of halogens is 1. The van der Waals surface area contributed by atoms with Crippen molar-refractivity contribution < 1.29 is 13.9 Å². The summed E-state index contributed by atoms with van der Waals surface area (Å²) in [5.41, 5.74) is 7.23. The summed E-state index contributed by atoms with van der Waals surface area (Å²) in [5.74, 6) is 0.391. The minimum Gasteiger partial charge on any atom is -0.381 e. The molecule has 6 rings (SSSR count). The van der Waals surface area contributed by atoms with Crippen molar-refractivity contribution in [1.82, 2.24) is 30.7 Å². The van der Waals surface area contributed by atoms with Crippen molar-refractivity contribution in [3.63, 3.8) is 0 Å². The summed E-state index contributed by atoms with van der Waals surface area (Å²) in [6.07, 6.45) is 7.78. The molecule has 10 heteroatoms. The van der Waals surface area contributed by atoms with Crippen LogP contribution in [0.3, 0.4) is 0 Å². The summed E-state index contributed by atoms with van der Waals surface area (Å²) < 4.78 is 22.5. The Labute approximate surface area is 270 Å². The number of fused-ring (bicyclic) bond motifs is 1. The lowest BCUT2D eigenvalue weighted by Crippen LogP contribution is -2.35. The maximum Gasteiger partial charge on any atom is 0.315 e. The van der Waals surface area contributed by atoms with Crippen LogP contribution in [-0.2, 0) is 37.2 Å². The highest BCUT2D eigenvalue weighted by Crippen LogP contribution is 2.31. The quantitative estimate of drug-likeness (QED) is 0.164. The average Bonchev–Trinajstić information content (AvgIpc) is 3.51. The van der Waals surface area contributed by atoms with Crippen molar-refractivity contribution in [3.8, 4) is 11.1 Å². The lowest BCUT2D eigenvalue weighted by Gasteiger charge is -2.26. The van der Waals surface area contributed by atoms with E-state index in [-0.39, 0.29) is 24.4 Å². The third kappa shape index (κ3) is 7.50. The van der Waals surface area contributed by atoms with E-state index in [2.05, 4.69) is 52.3 Å². The fourth-order valence-electron chi connectivity index (χ4n) is 6.70. The second-order valence-corrected chi connectivity index (χ2v) is 12.4. The SMILES string of the molecule is CCc1nc2c(cnn2CC)c(NC2CCOCC2)c1CNC(=O)NCc1ccc(F)c(-c2cccc(CC3CCNCC3)c2)c1. The number of benzene rings is 2. The second-order valence-electron chi connectivity index (χ2n) is 12.4. The number of hydrogen-bond acceptors (Lipinski definition) is 6. The molecule has 2 aliphatic rings. The van der Waals surface area contributed by atoms with E-state index in [0.29, 0.717) is 18.0 Å². The first-order valence-electron chi connectivity index (χ1n) is 16.8. The Bertz CT molecular complexity index is 1640. The topological polar surface area (TPSA) is 105 Å². The number of carbonyl (C=O) groups is 1. The van der Waals surface area contributed by atoms with Gasteiger partial charge in [0.1, 0.15) is 5.82 Å². The molecule has 2 amide bonds. The summed E-state index contributed by atoms with van der Waals surface area (Å²) in [6.45, 7) is 9.05. The van der Waals surface area contributed by atoms with Crippen LogP contribution in [0.15, 0.2) is 48.7 Å². The lowest BCUT2D eigenvalue weighted by molar-refractivity contribution is 0.0904. The number of piperidine rings is 1. The normalized spacial score (nSPS) is 16.1. The molecule has 244 valence electrons. The first-order chi connectivity index (χ1) is 22.5. The molecule has 46 heavy (non-hydrogen) atoms. The fraction of sp³-hybridized carbons (Fsp3) is 0.472. The maximum atomic E-state index is 15.0. The summed E-state index contributed by atoms with van der Waals surface area (Å²) in [4.78, 5) is 18.0. The third-order valence-corrected chi connectivity index (χ3v) is 9.31. The molecule has 0 radical (unpaired) electrons. The Kier molecular flexibility index (Phi) is 10.4. The number of hydrogen-bond donors (Lipinski definition) is 4. The lowest BCUT2D eigenvalue weighted by atomic mass is 9.90. The monoisotopic (exact) mass is 627 g/mol. The Balaban J connectivity index is 1.14. The molecule has 2 fully saturated rings. The molecule has 4 heterocycles. The van der Waals surface area contributed by atoms with E-state index in [0.717, 1.165) is 97.6 Å². The molecule has 2 aliphatic heterocycles. The fourth-order valence-corrected chi connectivity index (χ4v) is 6.70. The van der Waals surface area contributed by atoms with Crippen LogP contribution in [0.25, 0.3) is 22.2 Å². The molecule has 4 aromatic rings. The van der Waals surface area contributed by atoms with Gasteiger partial charge in [-0.15, -0.1) is 0 Å². The number of aromatic nitrogens is 3. The van der Waals surface area contributed by atoms with Crippen LogP contribution in [0.1, 0.15) is 61.9 Å². The number of nitrogens with one attached hydrogen (secondary N) is 4. The minimum absolute atomic E-state index is 0.266. The van der Waals surface area contributed by atoms with Crippen LogP contribution in [0.5, 0.6) is 0 Å². The predicted molar refractivity (Wildman–Crippen MR) is 180 cm³/mol. The zero-order valence-corrected chi connectivity index (χ0v) is 27.0. The Morgan fingerprint density at radius 1 is 1.02 bits per heavy atom. The molecule has 0 unspecified atom stereocenters. The van der Waals surface area contributed by atoms with Crippen LogP contribution in [0.4, 0.5) is 14.9 Å². The van der Waals surface area contributed by atoms with Gasteiger partial charge in [0.2, 0.25) is 0 Å². The van der Waals surface area contributed by atoms with Gasteiger partial charge >= 0.3 is 6.03 Å². The number of rotatable bonds is 11. The van der Waals surface area contributed by atoms with Gasteiger partial charge in [-0.2, -0.15) is 5.10 Å². The van der Waals surface area contributed by atoms with Crippen LogP contribution in [-0.4, -0.2) is 53.1 Å². The summed E-state index contributed by atoms with van der Waals surface area (Å²) in [5, 5.41) is 18.7. The zero-order chi connectivity index (χ0) is 31.9. The molecule has 2 aromatic heterocycles. The van der Waals surface area contributed by atoms with Crippen molar-refractivity contribution in [2.24, 2.45) is 5.92 Å². The van der Waals surface area contributed by atoms with E-state index in [1.165, 1.54) is 24.5 Å². The Morgan fingerprint density at radius 3 is 2.61 bits per heavy atom.